The van der Waals surface area contributed by atoms with Crippen molar-refractivity contribution in [3.05, 3.63) is 88.6 Å². The van der Waals surface area contributed by atoms with Gasteiger partial charge in [-0.1, -0.05) is 35.0 Å². The number of aromatic nitrogens is 4. The number of amides is 1. The van der Waals surface area contributed by atoms with Crippen LogP contribution in [0, 0.1) is 25.5 Å². The number of rotatable bonds is 7. The van der Waals surface area contributed by atoms with E-state index in [9.17, 15) is 13.6 Å². The van der Waals surface area contributed by atoms with Gasteiger partial charge in [0.1, 0.15) is 24.5 Å². The van der Waals surface area contributed by atoms with Crippen LogP contribution < -0.4 is 10.1 Å². The summed E-state index contributed by atoms with van der Waals surface area (Å²) in [6.45, 7) is 3.90. The first kappa shape index (κ1) is 21.2. The van der Waals surface area contributed by atoms with E-state index in [4.69, 9.17) is 9.26 Å². The Kier molecular flexibility index (Phi) is 5.93. The lowest BCUT2D eigenvalue weighted by Gasteiger charge is -2.07. The molecule has 2 aromatic heterocycles. The Hall–Kier alpha value is -4.08. The summed E-state index contributed by atoms with van der Waals surface area (Å²) in [6.07, 6.45) is 1.50. The van der Waals surface area contributed by atoms with E-state index in [0.29, 0.717) is 23.9 Å². The predicted octanol–water partition coefficient (Wildman–Crippen LogP) is 4.04. The van der Waals surface area contributed by atoms with E-state index in [-0.39, 0.29) is 24.0 Å². The second kappa shape index (κ2) is 8.96. The third-order valence-corrected chi connectivity index (χ3v) is 4.69. The lowest BCUT2D eigenvalue weighted by Crippen LogP contribution is -2.16. The Bertz CT molecular complexity index is 1250. The molecule has 0 fully saturated rings. The third kappa shape index (κ3) is 4.80. The molecule has 10 heteroatoms. The molecule has 164 valence electrons. The maximum Gasteiger partial charge on any atom is 0.280 e. The van der Waals surface area contributed by atoms with Gasteiger partial charge < -0.3 is 9.26 Å². The topological polar surface area (TPSA) is 95.1 Å². The van der Waals surface area contributed by atoms with E-state index >= 15 is 0 Å². The zero-order valence-electron chi connectivity index (χ0n) is 17.3. The number of anilines is 1. The van der Waals surface area contributed by atoms with Gasteiger partial charge in [0.15, 0.2) is 17.3 Å². The molecule has 0 aliphatic carbocycles. The monoisotopic (exact) mass is 439 g/mol. The molecule has 0 saturated heterocycles. The standard InChI is InChI=1S/C22H19F2N5O3/c1-13-3-5-15(6-4-13)10-29-12-25-22(27-29)26-21(30)20-17(14(2)32-28-20)11-31-19-8-7-16(23)9-18(19)24/h3-9,12H,10-11H2,1-2H3,(H,26,27,30). The molecule has 0 unspecified atom stereocenters. The molecule has 0 bridgehead atoms. The highest BCUT2D eigenvalue weighted by Crippen LogP contribution is 2.22. The van der Waals surface area contributed by atoms with Crippen molar-refractivity contribution in [2.24, 2.45) is 0 Å². The van der Waals surface area contributed by atoms with Crippen LogP contribution in [-0.2, 0) is 13.2 Å². The van der Waals surface area contributed by atoms with Gasteiger partial charge in [-0.2, -0.15) is 0 Å². The van der Waals surface area contributed by atoms with Crippen LogP contribution in [0.3, 0.4) is 0 Å². The second-order valence-electron chi connectivity index (χ2n) is 7.13. The Labute approximate surface area is 181 Å². The quantitative estimate of drug-likeness (QED) is 0.467. The number of carbonyl (C=O) groups is 1. The zero-order valence-corrected chi connectivity index (χ0v) is 17.3. The first-order valence-electron chi connectivity index (χ1n) is 9.68. The fourth-order valence-electron chi connectivity index (χ4n) is 2.95. The van der Waals surface area contributed by atoms with E-state index in [2.05, 4.69) is 20.6 Å². The molecule has 0 aliphatic heterocycles. The van der Waals surface area contributed by atoms with E-state index in [1.165, 1.54) is 6.33 Å². The molecule has 1 N–H and O–H groups in total. The number of nitrogens with zero attached hydrogens (tertiary/aromatic N) is 4. The smallest absolute Gasteiger partial charge is 0.280 e. The van der Waals surface area contributed by atoms with Gasteiger partial charge in [-0.25, -0.2) is 18.4 Å². The summed E-state index contributed by atoms with van der Waals surface area (Å²) in [4.78, 5) is 16.8. The lowest BCUT2D eigenvalue weighted by atomic mass is 10.1. The maximum absolute atomic E-state index is 13.8. The Morgan fingerprint density at radius 1 is 1.16 bits per heavy atom. The van der Waals surface area contributed by atoms with Gasteiger partial charge in [-0.05, 0) is 31.5 Å². The fraction of sp³-hybridized carbons (Fsp3) is 0.182. The van der Waals surface area contributed by atoms with Gasteiger partial charge >= 0.3 is 0 Å². The van der Waals surface area contributed by atoms with Crippen LogP contribution in [0.15, 0.2) is 53.3 Å². The van der Waals surface area contributed by atoms with E-state index in [1.807, 2.05) is 31.2 Å². The number of ether oxygens (including phenoxy) is 1. The van der Waals surface area contributed by atoms with Gasteiger partial charge in [0.2, 0.25) is 5.95 Å². The highest BCUT2D eigenvalue weighted by molar-refractivity contribution is 6.02. The average molecular weight is 439 g/mol. The van der Waals surface area contributed by atoms with E-state index in [0.717, 1.165) is 23.3 Å². The molecular formula is C22H19F2N5O3. The zero-order chi connectivity index (χ0) is 22.7. The van der Waals surface area contributed by atoms with Crippen molar-refractivity contribution in [1.29, 1.82) is 0 Å². The summed E-state index contributed by atoms with van der Waals surface area (Å²) in [7, 11) is 0. The summed E-state index contributed by atoms with van der Waals surface area (Å²) in [5, 5.41) is 10.6. The van der Waals surface area contributed by atoms with Gasteiger partial charge in [0.25, 0.3) is 5.91 Å². The Morgan fingerprint density at radius 3 is 2.69 bits per heavy atom. The minimum atomic E-state index is -0.853. The van der Waals surface area contributed by atoms with Crippen LogP contribution >= 0.6 is 0 Å². The average Bonchev–Trinajstić information content (AvgIpc) is 3.35. The molecule has 0 spiro atoms. The highest BCUT2D eigenvalue weighted by atomic mass is 19.1. The molecule has 4 rings (SSSR count). The van der Waals surface area contributed by atoms with Crippen LogP contribution in [-0.4, -0.2) is 25.8 Å². The molecule has 2 aromatic carbocycles. The van der Waals surface area contributed by atoms with Crippen LogP contribution in [0.1, 0.15) is 32.9 Å². The van der Waals surface area contributed by atoms with Crippen molar-refractivity contribution in [3.63, 3.8) is 0 Å². The number of hydrogen-bond acceptors (Lipinski definition) is 6. The van der Waals surface area contributed by atoms with Crippen LogP contribution in [0.25, 0.3) is 0 Å². The fourth-order valence-corrected chi connectivity index (χ4v) is 2.95. The van der Waals surface area contributed by atoms with Crippen molar-refractivity contribution in [2.45, 2.75) is 27.0 Å². The molecule has 0 radical (unpaired) electrons. The molecule has 8 nitrogen and oxygen atoms in total. The number of aryl methyl sites for hydroxylation is 2. The van der Waals surface area contributed by atoms with Crippen molar-refractivity contribution in [2.75, 3.05) is 5.32 Å². The van der Waals surface area contributed by atoms with Gasteiger partial charge in [-0.3, -0.25) is 10.1 Å². The molecule has 0 aliphatic rings. The molecule has 0 atom stereocenters. The number of nitrogens with one attached hydrogen (secondary N) is 1. The van der Waals surface area contributed by atoms with Crippen molar-refractivity contribution >= 4 is 11.9 Å². The molecule has 2 heterocycles. The highest BCUT2D eigenvalue weighted by Gasteiger charge is 2.22. The summed E-state index contributed by atoms with van der Waals surface area (Å²) in [5.41, 5.74) is 2.48. The largest absolute Gasteiger partial charge is 0.486 e. The normalized spacial score (nSPS) is 10.9. The summed E-state index contributed by atoms with van der Waals surface area (Å²) < 4.78 is 38.9. The van der Waals surface area contributed by atoms with Crippen molar-refractivity contribution in [1.82, 2.24) is 19.9 Å². The molecule has 4 aromatic rings. The number of halogens is 2. The Morgan fingerprint density at radius 2 is 1.94 bits per heavy atom. The van der Waals surface area contributed by atoms with Crippen LogP contribution in [0.5, 0.6) is 5.75 Å². The minimum Gasteiger partial charge on any atom is -0.486 e. The molecular weight excluding hydrogens is 420 g/mol. The summed E-state index contributed by atoms with van der Waals surface area (Å²) >= 11 is 0. The Balaban J connectivity index is 1.43. The predicted molar refractivity (Wildman–Crippen MR) is 110 cm³/mol. The first-order valence-corrected chi connectivity index (χ1v) is 9.68. The summed E-state index contributed by atoms with van der Waals surface area (Å²) in [5.74, 6) is -1.91. The van der Waals surface area contributed by atoms with Crippen molar-refractivity contribution in [3.8, 4) is 5.75 Å². The lowest BCUT2D eigenvalue weighted by molar-refractivity contribution is 0.101. The first-order chi connectivity index (χ1) is 15.4. The van der Waals surface area contributed by atoms with Crippen LogP contribution in [0.4, 0.5) is 14.7 Å². The molecule has 0 saturated carbocycles. The van der Waals surface area contributed by atoms with Gasteiger partial charge in [0, 0.05) is 6.07 Å². The minimum absolute atomic E-state index is 0.0418. The summed E-state index contributed by atoms with van der Waals surface area (Å²) in [6, 6.07) is 10.9. The van der Waals surface area contributed by atoms with E-state index < -0.39 is 17.5 Å². The maximum atomic E-state index is 13.8. The molecule has 32 heavy (non-hydrogen) atoms. The van der Waals surface area contributed by atoms with Gasteiger partial charge in [0.05, 0.1) is 12.1 Å². The van der Waals surface area contributed by atoms with Crippen molar-refractivity contribution < 1.29 is 22.8 Å². The SMILES string of the molecule is Cc1ccc(Cn2cnc(NC(=O)c3noc(C)c3COc3ccc(F)cc3F)n2)cc1. The third-order valence-electron chi connectivity index (χ3n) is 4.69. The number of carbonyl (C=O) groups excluding carboxylic acids is 1. The number of benzene rings is 2. The van der Waals surface area contributed by atoms with Gasteiger partial charge in [-0.15, -0.1) is 5.10 Å². The second-order valence-corrected chi connectivity index (χ2v) is 7.13. The molecule has 1 amide bonds. The van der Waals surface area contributed by atoms with Crippen LogP contribution in [0.2, 0.25) is 0 Å². The van der Waals surface area contributed by atoms with E-state index in [1.54, 1.807) is 11.6 Å². The number of hydrogen-bond donors (Lipinski definition) is 1.